The van der Waals surface area contributed by atoms with Gasteiger partial charge in [-0.2, -0.15) is 5.10 Å². The molecule has 24 heavy (non-hydrogen) atoms. The highest BCUT2D eigenvalue weighted by Crippen LogP contribution is 2.21. The molecule has 1 saturated heterocycles. The summed E-state index contributed by atoms with van der Waals surface area (Å²) >= 11 is 0. The zero-order chi connectivity index (χ0) is 16.4. The first kappa shape index (κ1) is 15.3. The van der Waals surface area contributed by atoms with E-state index in [2.05, 4.69) is 25.5 Å². The van der Waals surface area contributed by atoms with Crippen molar-refractivity contribution in [3.05, 3.63) is 41.7 Å². The van der Waals surface area contributed by atoms with Crippen molar-refractivity contribution in [2.45, 2.75) is 44.2 Å². The zero-order valence-electron chi connectivity index (χ0n) is 13.6. The SMILES string of the molecule is O=C(c1cnccn1)N1CCC(N[C@H]2CCc3cn[nH]c3C2)CC1. The molecule has 0 unspecified atom stereocenters. The summed E-state index contributed by atoms with van der Waals surface area (Å²) in [5.41, 5.74) is 3.06. The quantitative estimate of drug-likeness (QED) is 0.877. The lowest BCUT2D eigenvalue weighted by Gasteiger charge is -2.35. The molecule has 2 N–H and O–H groups in total. The molecule has 126 valence electrons. The highest BCUT2D eigenvalue weighted by Gasteiger charge is 2.27. The Morgan fingerprint density at radius 2 is 2.04 bits per heavy atom. The second kappa shape index (κ2) is 6.68. The number of aryl methyl sites for hydroxylation is 1. The van der Waals surface area contributed by atoms with Crippen LogP contribution in [0.1, 0.15) is 41.0 Å². The molecule has 1 aliphatic carbocycles. The summed E-state index contributed by atoms with van der Waals surface area (Å²) in [7, 11) is 0. The van der Waals surface area contributed by atoms with E-state index in [-0.39, 0.29) is 5.91 Å². The van der Waals surface area contributed by atoms with Crippen LogP contribution in [0.5, 0.6) is 0 Å². The molecule has 7 nitrogen and oxygen atoms in total. The molecular weight excluding hydrogens is 304 g/mol. The lowest BCUT2D eigenvalue weighted by Crippen LogP contribution is -2.49. The Bertz CT molecular complexity index is 692. The summed E-state index contributed by atoms with van der Waals surface area (Å²) in [6.45, 7) is 1.55. The molecule has 0 saturated carbocycles. The fourth-order valence-corrected chi connectivity index (χ4v) is 3.70. The smallest absolute Gasteiger partial charge is 0.274 e. The molecule has 0 radical (unpaired) electrons. The molecule has 2 aromatic heterocycles. The normalized spacial score (nSPS) is 21.5. The van der Waals surface area contributed by atoms with E-state index in [1.807, 2.05) is 11.1 Å². The molecule has 2 aromatic rings. The molecule has 3 heterocycles. The minimum atomic E-state index is -0.0127. The fourth-order valence-electron chi connectivity index (χ4n) is 3.70. The third-order valence-electron chi connectivity index (χ3n) is 5.06. The molecule has 1 amide bonds. The first-order valence-corrected chi connectivity index (χ1v) is 8.62. The van der Waals surface area contributed by atoms with Crippen LogP contribution in [0.4, 0.5) is 0 Å². The van der Waals surface area contributed by atoms with Crippen LogP contribution >= 0.6 is 0 Å². The summed E-state index contributed by atoms with van der Waals surface area (Å²) in [6, 6.07) is 0.982. The third-order valence-corrected chi connectivity index (χ3v) is 5.06. The standard InChI is InChI=1S/C17H22N6O/c24-17(16-11-18-5-6-19-16)23-7-3-13(4-8-23)21-14-2-1-12-10-20-22-15(12)9-14/h5-6,10-11,13-14,21H,1-4,7-9H2,(H,20,22)/t14-/m0/s1. The fraction of sp³-hybridized carbons (Fsp3) is 0.529. The third kappa shape index (κ3) is 3.17. The van der Waals surface area contributed by atoms with Gasteiger partial charge >= 0.3 is 0 Å². The summed E-state index contributed by atoms with van der Waals surface area (Å²) in [4.78, 5) is 22.4. The number of hydrogen-bond acceptors (Lipinski definition) is 5. The number of nitrogens with zero attached hydrogens (tertiary/aromatic N) is 4. The topological polar surface area (TPSA) is 86.8 Å². The van der Waals surface area contributed by atoms with Gasteiger partial charge in [-0.15, -0.1) is 0 Å². The number of H-pyrrole nitrogens is 1. The van der Waals surface area contributed by atoms with Crippen LogP contribution < -0.4 is 5.32 Å². The van der Waals surface area contributed by atoms with E-state index in [0.717, 1.165) is 45.2 Å². The van der Waals surface area contributed by atoms with Crippen LogP contribution in [0.3, 0.4) is 0 Å². The number of hydrogen-bond donors (Lipinski definition) is 2. The Hall–Kier alpha value is -2.28. The van der Waals surface area contributed by atoms with Gasteiger partial charge in [-0.25, -0.2) is 4.98 Å². The Morgan fingerprint density at radius 1 is 1.17 bits per heavy atom. The molecule has 1 aliphatic heterocycles. The summed E-state index contributed by atoms with van der Waals surface area (Å²) in [6.07, 6.45) is 11.9. The lowest BCUT2D eigenvalue weighted by atomic mass is 9.92. The number of nitrogens with one attached hydrogen (secondary N) is 2. The highest BCUT2D eigenvalue weighted by atomic mass is 16.2. The molecule has 0 spiro atoms. The van der Waals surface area contributed by atoms with E-state index < -0.39 is 0 Å². The molecule has 0 bridgehead atoms. The maximum absolute atomic E-state index is 12.4. The van der Waals surface area contributed by atoms with E-state index in [1.54, 1.807) is 12.4 Å². The lowest BCUT2D eigenvalue weighted by molar-refractivity contribution is 0.0694. The molecular formula is C17H22N6O. The van der Waals surface area contributed by atoms with Gasteiger partial charge < -0.3 is 10.2 Å². The van der Waals surface area contributed by atoms with Gasteiger partial charge in [0, 0.05) is 49.7 Å². The van der Waals surface area contributed by atoms with Crippen molar-refractivity contribution in [1.82, 2.24) is 30.4 Å². The van der Waals surface area contributed by atoms with Gasteiger partial charge in [0.05, 0.1) is 12.4 Å². The van der Waals surface area contributed by atoms with E-state index in [0.29, 0.717) is 17.8 Å². The average Bonchev–Trinajstić information content (AvgIpc) is 3.10. The summed E-state index contributed by atoms with van der Waals surface area (Å²) in [5, 5.41) is 11.0. The number of rotatable bonds is 3. The number of fused-ring (bicyclic) bond motifs is 1. The second-order valence-corrected chi connectivity index (χ2v) is 6.64. The van der Waals surface area contributed by atoms with Crippen molar-refractivity contribution in [2.24, 2.45) is 0 Å². The molecule has 0 aromatic carbocycles. The monoisotopic (exact) mass is 326 g/mol. The van der Waals surface area contributed by atoms with E-state index in [1.165, 1.54) is 17.5 Å². The molecule has 1 atom stereocenters. The molecule has 7 heteroatoms. The van der Waals surface area contributed by atoms with Crippen molar-refractivity contribution >= 4 is 5.91 Å². The van der Waals surface area contributed by atoms with E-state index >= 15 is 0 Å². The predicted octanol–water partition coefficient (Wildman–Crippen LogP) is 0.951. The minimum Gasteiger partial charge on any atom is -0.337 e. The number of piperidine rings is 1. The second-order valence-electron chi connectivity index (χ2n) is 6.64. The van der Waals surface area contributed by atoms with Crippen LogP contribution in [0.15, 0.2) is 24.8 Å². The Balaban J connectivity index is 1.28. The Kier molecular flexibility index (Phi) is 4.25. The number of likely N-dealkylation sites (tertiary alicyclic amines) is 1. The van der Waals surface area contributed by atoms with Crippen molar-refractivity contribution in [3.8, 4) is 0 Å². The summed E-state index contributed by atoms with van der Waals surface area (Å²) in [5.74, 6) is -0.0127. The van der Waals surface area contributed by atoms with Gasteiger partial charge in [-0.05, 0) is 31.2 Å². The zero-order valence-corrected chi connectivity index (χ0v) is 13.6. The van der Waals surface area contributed by atoms with Gasteiger partial charge in [-0.1, -0.05) is 0 Å². The van der Waals surface area contributed by atoms with Gasteiger partial charge in [0.25, 0.3) is 5.91 Å². The van der Waals surface area contributed by atoms with Gasteiger partial charge in [0.2, 0.25) is 0 Å². The predicted molar refractivity (Wildman–Crippen MR) is 88.5 cm³/mol. The maximum atomic E-state index is 12.4. The number of aromatic nitrogens is 4. The molecule has 1 fully saturated rings. The van der Waals surface area contributed by atoms with Crippen LogP contribution in [0.2, 0.25) is 0 Å². The van der Waals surface area contributed by atoms with Crippen LogP contribution in [-0.4, -0.2) is 56.1 Å². The number of carbonyl (C=O) groups excluding carboxylic acids is 1. The van der Waals surface area contributed by atoms with Crippen molar-refractivity contribution in [1.29, 1.82) is 0 Å². The van der Waals surface area contributed by atoms with Crippen molar-refractivity contribution in [3.63, 3.8) is 0 Å². The van der Waals surface area contributed by atoms with Gasteiger partial charge in [0.15, 0.2) is 0 Å². The van der Waals surface area contributed by atoms with Gasteiger partial charge in [0.1, 0.15) is 5.69 Å². The van der Waals surface area contributed by atoms with E-state index in [4.69, 9.17) is 0 Å². The van der Waals surface area contributed by atoms with Crippen LogP contribution in [0, 0.1) is 0 Å². The van der Waals surface area contributed by atoms with Crippen LogP contribution in [-0.2, 0) is 12.8 Å². The number of amides is 1. The Labute approximate surface area is 140 Å². The molecule has 4 rings (SSSR count). The van der Waals surface area contributed by atoms with Gasteiger partial charge in [-0.3, -0.25) is 14.9 Å². The van der Waals surface area contributed by atoms with E-state index in [9.17, 15) is 4.79 Å². The summed E-state index contributed by atoms with van der Waals surface area (Å²) < 4.78 is 0. The first-order valence-electron chi connectivity index (χ1n) is 8.62. The largest absolute Gasteiger partial charge is 0.337 e. The maximum Gasteiger partial charge on any atom is 0.274 e. The van der Waals surface area contributed by atoms with Crippen molar-refractivity contribution in [2.75, 3.05) is 13.1 Å². The average molecular weight is 326 g/mol. The van der Waals surface area contributed by atoms with Crippen molar-refractivity contribution < 1.29 is 4.79 Å². The Morgan fingerprint density at radius 3 is 2.83 bits per heavy atom. The number of aromatic amines is 1. The molecule has 2 aliphatic rings. The van der Waals surface area contributed by atoms with Crippen LogP contribution in [0.25, 0.3) is 0 Å². The minimum absolute atomic E-state index is 0.0127. The number of carbonyl (C=O) groups is 1. The highest BCUT2D eigenvalue weighted by molar-refractivity contribution is 5.92. The first-order chi connectivity index (χ1) is 11.8.